The van der Waals surface area contributed by atoms with Crippen LogP contribution in [0.2, 0.25) is 0 Å². The number of nitrogens with zero attached hydrogens (tertiary/aromatic N) is 9. The summed E-state index contributed by atoms with van der Waals surface area (Å²) in [6.07, 6.45) is 0. The second kappa shape index (κ2) is 313. The Balaban J connectivity index is -0.00000000819. The first-order chi connectivity index (χ1) is 20.2. The smallest absolute Gasteiger partial charge is 0 e. The van der Waals surface area contributed by atoms with Gasteiger partial charge in [-0.1, -0.05) is 62.3 Å². The number of nitrogens with one attached hydrogen (secondary N) is 3. The summed E-state index contributed by atoms with van der Waals surface area (Å²) in [7, 11) is 19.7. The van der Waals surface area contributed by atoms with Crippen LogP contribution in [0.1, 0.15) is 62.3 Å². The van der Waals surface area contributed by atoms with Gasteiger partial charge in [0.15, 0.2) is 0 Å². The van der Waals surface area contributed by atoms with Crippen molar-refractivity contribution >= 4 is 0 Å². The predicted octanol–water partition coefficient (Wildman–Crippen LogP) is 11.1. The summed E-state index contributed by atoms with van der Waals surface area (Å²) in [6, 6.07) is 0. The zero-order valence-electron chi connectivity index (χ0n) is 38.9. The average Bonchev–Trinajstić information content (AvgIpc) is 3.03. The fourth-order valence-corrected chi connectivity index (χ4v) is 0.671. The van der Waals surface area contributed by atoms with E-state index in [0.29, 0.717) is 0 Å². The molecule has 0 heterocycles. The molecule has 0 aromatic carbocycles. The molecular weight excluding hydrogens is 1800 g/mol. The van der Waals surface area contributed by atoms with E-state index in [-0.39, 0.29) is 295 Å². The molecule has 324 valence electrons. The molecule has 0 spiro atoms. The maximum Gasteiger partial charge on any atom is 0 e. The van der Waals surface area contributed by atoms with Crippen molar-refractivity contribution in [3.05, 3.63) is 65.1 Å². The topological polar surface area (TPSA) is 198 Å². The molecule has 12 nitrogen and oxygen atoms in total. The summed E-state index contributed by atoms with van der Waals surface area (Å²) in [6.45, 7) is 27.0. The first kappa shape index (κ1) is 159. The van der Waals surface area contributed by atoms with Gasteiger partial charge in [0.2, 0.25) is 0 Å². The zero-order valence-corrected chi connectivity index (χ0v) is 69.3. The largest absolute Gasteiger partial charge is 0.680 e. The van der Waals surface area contributed by atoms with Gasteiger partial charge in [-0.05, 0) is 0 Å². The molecule has 0 saturated heterocycles. The van der Waals surface area contributed by atoms with Gasteiger partial charge in [0, 0.05) is 295 Å². The normalized spacial score (nSPS) is 5.33. The molecule has 0 aromatic heterocycles. The molecule has 54 heavy (non-hydrogen) atoms. The maximum absolute atomic E-state index is 5.75. The Labute approximate surface area is 555 Å². The minimum absolute atomic E-state index is 0. The molecular formula is C30H84Hf4N12Ti4Zr4-12. The molecule has 0 atom stereocenters. The molecule has 0 amide bonds. The Hall–Kier alpha value is 9.39. The molecule has 0 aliphatic rings. The molecule has 0 rings (SSSR count). The van der Waals surface area contributed by atoms with E-state index in [4.69, 9.17) is 17.2 Å². The van der Waals surface area contributed by atoms with Crippen LogP contribution in [0.15, 0.2) is 0 Å². The van der Waals surface area contributed by atoms with Crippen LogP contribution >= 0.6 is 0 Å². The van der Waals surface area contributed by atoms with Crippen molar-refractivity contribution in [2.24, 2.45) is 0 Å². The number of hydrogen-bond donors (Lipinski definition) is 0. The van der Waals surface area contributed by atoms with Crippen LogP contribution in [0.3, 0.4) is 0 Å². The molecule has 3 N–H and O–H groups in total. The average molecular weight is 1880 g/mol. The third kappa shape index (κ3) is 662. The van der Waals surface area contributed by atoms with E-state index in [9.17, 15) is 0 Å². The molecule has 0 aliphatic carbocycles. The van der Waals surface area contributed by atoms with E-state index in [2.05, 4.69) is 47.9 Å². The summed E-state index contributed by atoms with van der Waals surface area (Å²) >= 11 is 0. The van der Waals surface area contributed by atoms with Crippen LogP contribution < -0.4 is 0 Å². The summed E-state index contributed by atoms with van der Waals surface area (Å²) in [5.41, 5.74) is 17.2. The zero-order chi connectivity index (χ0) is 36.7. The number of rotatable bonds is 9. The van der Waals surface area contributed by atoms with Gasteiger partial charge in [0.05, 0.1) is 0 Å². The fourth-order valence-electron chi connectivity index (χ4n) is 0.671. The van der Waals surface area contributed by atoms with Gasteiger partial charge in [-0.3, -0.25) is 0 Å². The van der Waals surface area contributed by atoms with Crippen LogP contribution in [0, 0.1) is 0 Å². The van der Waals surface area contributed by atoms with Crippen molar-refractivity contribution in [2.45, 2.75) is 62.3 Å². The van der Waals surface area contributed by atoms with E-state index in [1.54, 1.807) is 63.4 Å². The van der Waals surface area contributed by atoms with Crippen molar-refractivity contribution in [2.75, 3.05) is 143 Å². The molecule has 0 saturated carbocycles. The van der Waals surface area contributed by atoms with Gasteiger partial charge in [0.25, 0.3) is 0 Å². The SMILES string of the molecule is CC[N-]C.CC[N-]C.CC[N-]C.CC[N-]CC.CC[N-]CC.CC[N-]CC.C[N-]C.C[N-]C.C[N-]C.C[NH-].C[NH-].C[NH-].[Hf].[Hf].[Hf].[Hf].[Ti].[Ti].[Ti].[Ti].[Zr].[Zr].[Zr].[Zr]. The van der Waals surface area contributed by atoms with Gasteiger partial charge in [-0.25, -0.2) is 0 Å². The summed E-state index contributed by atoms with van der Waals surface area (Å²) < 4.78 is 0. The summed E-state index contributed by atoms with van der Waals surface area (Å²) in [5, 5.41) is 33.6. The van der Waals surface area contributed by atoms with Crippen LogP contribution in [0.4, 0.5) is 0 Å². The third-order valence-electron chi connectivity index (χ3n) is 2.29. The van der Waals surface area contributed by atoms with Gasteiger partial charge in [-0.15, -0.1) is 0 Å². The number of hydrogen-bond acceptors (Lipinski definition) is 0. The van der Waals surface area contributed by atoms with Crippen molar-refractivity contribution in [1.29, 1.82) is 0 Å². The van der Waals surface area contributed by atoms with E-state index < -0.39 is 0 Å². The van der Waals surface area contributed by atoms with Gasteiger partial charge in [-0.2, -0.15) is 143 Å². The molecule has 0 bridgehead atoms. The Morgan fingerprint density at radius 2 is 0.315 bits per heavy atom. The fraction of sp³-hybridized carbons (Fsp3) is 1.00. The molecule has 0 unspecified atom stereocenters. The van der Waals surface area contributed by atoms with Gasteiger partial charge in [0.1, 0.15) is 0 Å². The predicted molar refractivity (Wildman–Crippen MR) is 209 cm³/mol. The molecule has 0 aliphatic heterocycles. The Kier molecular flexibility index (Phi) is 923. The second-order valence-electron chi connectivity index (χ2n) is 5.81. The van der Waals surface area contributed by atoms with Gasteiger partial charge < -0.3 is 65.1 Å². The van der Waals surface area contributed by atoms with Crippen molar-refractivity contribution < 1.29 is 295 Å². The Morgan fingerprint density at radius 3 is 0.315 bits per heavy atom. The summed E-state index contributed by atoms with van der Waals surface area (Å²) in [5.74, 6) is 0. The second-order valence-corrected chi connectivity index (χ2v) is 5.81. The van der Waals surface area contributed by atoms with Gasteiger partial charge >= 0.3 is 0 Å². The standard InChI is InChI=1S/3C4H10N.3C3H8N.3C2H6N.3CH4N.4Hf.4Ti.4Zr/c3*1-3-5-4-2;3*1-3-4-2;3*1-3-2;3*1-2;;;;;;;;;;;;/h3*3-4H2,1-2H3;3*3H2,1-2H3;3*1-2H3;3*2H,1H3;;;;;;;;;;;;/q12*-1;;;;;;;;;;;;. The minimum atomic E-state index is 0. The molecule has 0 aromatic rings. The molecule has 0 fully saturated rings. The Morgan fingerprint density at radius 1 is 0.259 bits per heavy atom. The maximum atomic E-state index is 5.75. The van der Waals surface area contributed by atoms with Crippen LogP contribution in [-0.2, 0) is 295 Å². The van der Waals surface area contributed by atoms with Crippen LogP contribution in [0.25, 0.3) is 65.1 Å². The van der Waals surface area contributed by atoms with E-state index in [0.717, 1.165) is 58.9 Å². The van der Waals surface area contributed by atoms with Crippen molar-refractivity contribution in [3.8, 4) is 0 Å². The first-order valence-corrected chi connectivity index (χ1v) is 14.7. The van der Waals surface area contributed by atoms with Crippen LogP contribution in [0.5, 0.6) is 0 Å². The third-order valence-corrected chi connectivity index (χ3v) is 2.29. The quantitative estimate of drug-likeness (QED) is 0.198. The Bertz CT molecular complexity index is 206. The van der Waals surface area contributed by atoms with Crippen molar-refractivity contribution in [1.82, 2.24) is 0 Å². The monoisotopic (exact) mass is 1880 g/mol. The minimum Gasteiger partial charge on any atom is -0.680 e. The van der Waals surface area contributed by atoms with E-state index in [1.165, 1.54) is 21.1 Å². The van der Waals surface area contributed by atoms with E-state index in [1.807, 2.05) is 62.3 Å². The molecule has 24 heteroatoms. The van der Waals surface area contributed by atoms with E-state index >= 15 is 0 Å². The first-order valence-electron chi connectivity index (χ1n) is 14.7. The summed E-state index contributed by atoms with van der Waals surface area (Å²) in [4.78, 5) is 0. The van der Waals surface area contributed by atoms with Crippen LogP contribution in [-0.4, -0.2) is 143 Å². The molecule has 0 radical (unpaired) electrons. The van der Waals surface area contributed by atoms with Crippen molar-refractivity contribution in [3.63, 3.8) is 0 Å².